The smallest absolute Gasteiger partial charge is 0.265 e. The van der Waals surface area contributed by atoms with Gasteiger partial charge in [0.05, 0.1) is 0 Å². The summed E-state index contributed by atoms with van der Waals surface area (Å²) < 4.78 is 16.9. The van der Waals surface area contributed by atoms with Crippen LogP contribution in [0.4, 0.5) is 5.69 Å². The van der Waals surface area contributed by atoms with Crippen molar-refractivity contribution in [2.45, 2.75) is 33.3 Å². The molecule has 0 fully saturated rings. The Kier molecular flexibility index (Phi) is 5.12. The van der Waals surface area contributed by atoms with Crippen LogP contribution >= 0.6 is 0 Å². The summed E-state index contributed by atoms with van der Waals surface area (Å²) in [4.78, 5) is 12.6. The minimum Gasteiger partial charge on any atom is -0.486 e. The molecule has 0 saturated carbocycles. The topological polar surface area (TPSA) is 56.8 Å². The highest BCUT2D eigenvalue weighted by Crippen LogP contribution is 2.32. The fourth-order valence-electron chi connectivity index (χ4n) is 2.83. The highest BCUT2D eigenvalue weighted by molar-refractivity contribution is 5.94. The van der Waals surface area contributed by atoms with Gasteiger partial charge in [-0.1, -0.05) is 13.0 Å². The van der Waals surface area contributed by atoms with E-state index in [4.69, 9.17) is 14.2 Å². The Hall–Kier alpha value is -2.69. The van der Waals surface area contributed by atoms with Gasteiger partial charge in [-0.15, -0.1) is 0 Å². The molecule has 5 heteroatoms. The number of fused-ring (bicyclic) bond motifs is 1. The van der Waals surface area contributed by atoms with Crippen LogP contribution in [0.3, 0.4) is 0 Å². The van der Waals surface area contributed by atoms with Crippen LogP contribution in [0.15, 0.2) is 36.4 Å². The summed E-state index contributed by atoms with van der Waals surface area (Å²) in [6.45, 7) is 7.00. The summed E-state index contributed by atoms with van der Waals surface area (Å²) in [5, 5.41) is 2.89. The standard InChI is InChI=1S/C20H23NO4/c1-4-17(25-16-10-13(2)9-14(3)11-16)20(22)21-15-5-6-18-19(12-15)24-8-7-23-18/h5-6,9-12,17H,4,7-8H2,1-3H3,(H,21,22)/t17-/m0/s1. The van der Waals surface area contributed by atoms with Gasteiger partial charge in [-0.2, -0.15) is 0 Å². The Morgan fingerprint density at radius 1 is 1.08 bits per heavy atom. The van der Waals surface area contributed by atoms with Crippen LogP contribution in [0.2, 0.25) is 0 Å². The van der Waals surface area contributed by atoms with E-state index in [2.05, 4.69) is 11.4 Å². The lowest BCUT2D eigenvalue weighted by molar-refractivity contribution is -0.122. The normalized spacial score (nSPS) is 13.9. The largest absolute Gasteiger partial charge is 0.486 e. The SMILES string of the molecule is CC[C@H](Oc1cc(C)cc(C)c1)C(=O)Nc1ccc2c(c1)OCCO2. The zero-order valence-electron chi connectivity index (χ0n) is 14.8. The zero-order valence-corrected chi connectivity index (χ0v) is 14.8. The fourth-order valence-corrected chi connectivity index (χ4v) is 2.83. The van der Waals surface area contributed by atoms with Gasteiger partial charge in [-0.3, -0.25) is 4.79 Å². The number of ether oxygens (including phenoxy) is 3. The van der Waals surface area contributed by atoms with Crippen molar-refractivity contribution in [3.8, 4) is 17.2 Å². The Bertz CT molecular complexity index is 752. The quantitative estimate of drug-likeness (QED) is 0.897. The fraction of sp³-hybridized carbons (Fsp3) is 0.350. The van der Waals surface area contributed by atoms with Gasteiger partial charge in [0.25, 0.3) is 5.91 Å². The van der Waals surface area contributed by atoms with Gasteiger partial charge in [0, 0.05) is 11.8 Å². The van der Waals surface area contributed by atoms with E-state index in [0.29, 0.717) is 42.6 Å². The molecule has 1 aliphatic heterocycles. The van der Waals surface area contributed by atoms with Gasteiger partial charge in [-0.05, 0) is 55.7 Å². The maximum absolute atomic E-state index is 12.6. The molecule has 1 atom stereocenters. The van der Waals surface area contributed by atoms with Crippen molar-refractivity contribution in [2.24, 2.45) is 0 Å². The van der Waals surface area contributed by atoms with Gasteiger partial charge in [0.15, 0.2) is 17.6 Å². The van der Waals surface area contributed by atoms with E-state index >= 15 is 0 Å². The van der Waals surface area contributed by atoms with Crippen molar-refractivity contribution in [2.75, 3.05) is 18.5 Å². The molecule has 1 amide bonds. The number of hydrogen-bond acceptors (Lipinski definition) is 4. The molecule has 0 bridgehead atoms. The summed E-state index contributed by atoms with van der Waals surface area (Å²) in [6.07, 6.45) is 0.0121. The number of aryl methyl sites for hydroxylation is 2. The molecule has 0 aliphatic carbocycles. The molecule has 2 aromatic rings. The predicted molar refractivity (Wildman–Crippen MR) is 96.7 cm³/mol. The van der Waals surface area contributed by atoms with Crippen molar-refractivity contribution in [3.05, 3.63) is 47.5 Å². The van der Waals surface area contributed by atoms with Crippen LogP contribution < -0.4 is 19.5 Å². The summed E-state index contributed by atoms with van der Waals surface area (Å²) in [7, 11) is 0. The van der Waals surface area contributed by atoms with E-state index in [9.17, 15) is 4.79 Å². The summed E-state index contributed by atoms with van der Waals surface area (Å²) in [5.74, 6) is 1.87. The average Bonchev–Trinajstić information content (AvgIpc) is 2.58. The molecule has 0 saturated heterocycles. The third-order valence-corrected chi connectivity index (χ3v) is 3.95. The molecule has 25 heavy (non-hydrogen) atoms. The number of rotatable bonds is 5. The number of carbonyl (C=O) groups excluding carboxylic acids is 1. The second-order valence-electron chi connectivity index (χ2n) is 6.19. The molecule has 0 spiro atoms. The molecule has 0 unspecified atom stereocenters. The monoisotopic (exact) mass is 341 g/mol. The van der Waals surface area contributed by atoms with Crippen LogP contribution in [0, 0.1) is 13.8 Å². The van der Waals surface area contributed by atoms with E-state index in [1.54, 1.807) is 18.2 Å². The third kappa shape index (κ3) is 4.24. The Morgan fingerprint density at radius 2 is 1.76 bits per heavy atom. The summed E-state index contributed by atoms with van der Waals surface area (Å²) >= 11 is 0. The number of benzene rings is 2. The number of nitrogens with one attached hydrogen (secondary N) is 1. The molecule has 2 aromatic carbocycles. The highest BCUT2D eigenvalue weighted by Gasteiger charge is 2.20. The maximum atomic E-state index is 12.6. The predicted octanol–water partition coefficient (Wildman–Crippen LogP) is 3.87. The van der Waals surface area contributed by atoms with E-state index in [1.807, 2.05) is 32.9 Å². The highest BCUT2D eigenvalue weighted by atomic mass is 16.6. The van der Waals surface area contributed by atoms with Crippen LogP contribution in [0.25, 0.3) is 0 Å². The molecule has 5 nitrogen and oxygen atoms in total. The van der Waals surface area contributed by atoms with Crippen molar-refractivity contribution in [1.29, 1.82) is 0 Å². The first-order valence-corrected chi connectivity index (χ1v) is 8.50. The van der Waals surface area contributed by atoms with E-state index in [-0.39, 0.29) is 5.91 Å². The van der Waals surface area contributed by atoms with Crippen LogP contribution in [-0.2, 0) is 4.79 Å². The van der Waals surface area contributed by atoms with Crippen LogP contribution in [-0.4, -0.2) is 25.2 Å². The van der Waals surface area contributed by atoms with Gasteiger partial charge in [-0.25, -0.2) is 0 Å². The molecule has 1 heterocycles. The van der Waals surface area contributed by atoms with Crippen LogP contribution in [0.5, 0.6) is 17.2 Å². The second kappa shape index (κ2) is 7.47. The molecular weight excluding hydrogens is 318 g/mol. The number of carbonyl (C=O) groups is 1. The van der Waals surface area contributed by atoms with Gasteiger partial charge < -0.3 is 19.5 Å². The Morgan fingerprint density at radius 3 is 2.44 bits per heavy atom. The lowest BCUT2D eigenvalue weighted by Gasteiger charge is -2.20. The molecular formula is C20H23NO4. The van der Waals surface area contributed by atoms with Crippen LogP contribution in [0.1, 0.15) is 24.5 Å². The number of anilines is 1. The minimum absolute atomic E-state index is 0.182. The molecule has 0 aromatic heterocycles. The lowest BCUT2D eigenvalue weighted by Crippen LogP contribution is -2.32. The summed E-state index contributed by atoms with van der Waals surface area (Å²) in [5.41, 5.74) is 2.88. The lowest BCUT2D eigenvalue weighted by atomic mass is 10.1. The first kappa shape index (κ1) is 17.1. The first-order chi connectivity index (χ1) is 12.0. The van der Waals surface area contributed by atoms with Crippen molar-refractivity contribution < 1.29 is 19.0 Å². The first-order valence-electron chi connectivity index (χ1n) is 8.50. The van der Waals surface area contributed by atoms with E-state index < -0.39 is 6.10 Å². The van der Waals surface area contributed by atoms with E-state index in [1.165, 1.54) is 0 Å². The second-order valence-corrected chi connectivity index (χ2v) is 6.19. The average molecular weight is 341 g/mol. The van der Waals surface area contributed by atoms with Gasteiger partial charge >= 0.3 is 0 Å². The third-order valence-electron chi connectivity index (χ3n) is 3.95. The van der Waals surface area contributed by atoms with Crippen molar-refractivity contribution in [1.82, 2.24) is 0 Å². The molecule has 132 valence electrons. The minimum atomic E-state index is -0.561. The van der Waals surface area contributed by atoms with E-state index in [0.717, 1.165) is 11.1 Å². The Balaban J connectivity index is 1.70. The molecule has 1 aliphatic rings. The summed E-state index contributed by atoms with van der Waals surface area (Å²) in [6, 6.07) is 11.3. The van der Waals surface area contributed by atoms with Gasteiger partial charge in [0.2, 0.25) is 0 Å². The molecule has 1 N–H and O–H groups in total. The molecule has 3 rings (SSSR count). The Labute approximate surface area is 147 Å². The van der Waals surface area contributed by atoms with Crippen molar-refractivity contribution >= 4 is 11.6 Å². The number of hydrogen-bond donors (Lipinski definition) is 1. The van der Waals surface area contributed by atoms with Crippen molar-refractivity contribution in [3.63, 3.8) is 0 Å². The van der Waals surface area contributed by atoms with Gasteiger partial charge in [0.1, 0.15) is 19.0 Å². The zero-order chi connectivity index (χ0) is 17.8. The maximum Gasteiger partial charge on any atom is 0.265 e. The number of amides is 1. The molecule has 0 radical (unpaired) electrons.